The van der Waals surface area contributed by atoms with Crippen molar-refractivity contribution in [2.45, 2.75) is 31.3 Å². The molecule has 1 atom stereocenters. The molecule has 0 aromatic carbocycles. The lowest BCUT2D eigenvalue weighted by Gasteiger charge is -2.23. The number of aromatic nitrogens is 2. The number of anilines is 1. The van der Waals surface area contributed by atoms with Gasteiger partial charge in [-0.1, -0.05) is 0 Å². The van der Waals surface area contributed by atoms with Crippen molar-refractivity contribution in [2.75, 3.05) is 23.5 Å². The number of rotatable bonds is 4. The van der Waals surface area contributed by atoms with E-state index in [1.165, 1.54) is 0 Å². The molecule has 0 radical (unpaired) electrons. The van der Waals surface area contributed by atoms with Gasteiger partial charge in [-0.2, -0.15) is 0 Å². The second-order valence-corrected chi connectivity index (χ2v) is 7.92. The Hall–Kier alpha value is -1.70. The first-order valence-electron chi connectivity index (χ1n) is 7.02. The first-order valence-corrected chi connectivity index (χ1v) is 8.84. The van der Waals surface area contributed by atoms with Crippen LogP contribution in [-0.2, 0) is 9.84 Å². The fourth-order valence-corrected chi connectivity index (χ4v) is 4.16. The number of hydrogen-bond donors (Lipinski definition) is 1. The molecule has 2 heterocycles. The minimum Gasteiger partial charge on any atom is -0.354 e. The maximum Gasteiger partial charge on any atom is 0.272 e. The van der Waals surface area contributed by atoms with Crippen molar-refractivity contribution in [3.63, 3.8) is 0 Å². The molecule has 0 spiro atoms. The highest BCUT2D eigenvalue weighted by molar-refractivity contribution is 7.91. The Labute approximate surface area is 123 Å². The van der Waals surface area contributed by atoms with Gasteiger partial charge in [-0.15, -0.1) is 10.2 Å². The van der Waals surface area contributed by atoms with Gasteiger partial charge in [-0.25, -0.2) is 8.42 Å². The molecule has 1 saturated heterocycles. The maximum atomic E-state index is 11.8. The molecule has 7 nitrogen and oxygen atoms in total. The van der Waals surface area contributed by atoms with E-state index in [0.717, 1.165) is 12.8 Å². The lowest BCUT2D eigenvalue weighted by atomic mass is 10.2. The summed E-state index contributed by atoms with van der Waals surface area (Å²) in [5, 5.41) is 10.8. The third-order valence-corrected chi connectivity index (χ3v) is 5.66. The zero-order valence-corrected chi connectivity index (χ0v) is 12.6. The van der Waals surface area contributed by atoms with Crippen LogP contribution in [0.25, 0.3) is 0 Å². The highest BCUT2D eigenvalue weighted by Gasteiger charge is 2.31. The highest BCUT2D eigenvalue weighted by atomic mass is 32.2. The van der Waals surface area contributed by atoms with Gasteiger partial charge in [0.2, 0.25) is 0 Å². The lowest BCUT2D eigenvalue weighted by molar-refractivity contribution is 0.0945. The summed E-state index contributed by atoms with van der Waals surface area (Å²) in [6.45, 7) is 0. The van der Waals surface area contributed by atoms with Crippen molar-refractivity contribution < 1.29 is 13.2 Å². The molecule has 1 aromatic heterocycles. The Morgan fingerprint density at radius 2 is 2.05 bits per heavy atom. The number of nitrogens with zero attached hydrogens (tertiary/aromatic N) is 3. The van der Waals surface area contributed by atoms with Gasteiger partial charge < -0.3 is 10.2 Å². The van der Waals surface area contributed by atoms with Gasteiger partial charge >= 0.3 is 0 Å². The summed E-state index contributed by atoms with van der Waals surface area (Å²) < 4.78 is 23.0. The summed E-state index contributed by atoms with van der Waals surface area (Å²) >= 11 is 0. The number of carbonyl (C=O) groups is 1. The van der Waals surface area contributed by atoms with Crippen LogP contribution in [0.5, 0.6) is 0 Å². The van der Waals surface area contributed by atoms with Gasteiger partial charge in [-0.3, -0.25) is 4.79 Å². The van der Waals surface area contributed by atoms with E-state index in [9.17, 15) is 13.2 Å². The number of carbonyl (C=O) groups excluding carboxylic acids is 1. The number of hydrogen-bond acceptors (Lipinski definition) is 6. The number of sulfone groups is 1. The normalized spacial score (nSPS) is 23.8. The van der Waals surface area contributed by atoms with Gasteiger partial charge in [0.15, 0.2) is 21.3 Å². The summed E-state index contributed by atoms with van der Waals surface area (Å²) in [4.78, 5) is 13.6. The molecule has 2 aliphatic rings. The van der Waals surface area contributed by atoms with E-state index < -0.39 is 9.84 Å². The van der Waals surface area contributed by atoms with Crippen molar-refractivity contribution >= 4 is 21.6 Å². The van der Waals surface area contributed by atoms with Crippen LogP contribution in [0.1, 0.15) is 29.8 Å². The Balaban J connectivity index is 1.67. The van der Waals surface area contributed by atoms with Gasteiger partial charge in [0.05, 0.1) is 11.5 Å². The van der Waals surface area contributed by atoms with E-state index in [0.29, 0.717) is 12.2 Å². The predicted molar refractivity (Wildman–Crippen MR) is 78.0 cm³/mol. The molecule has 1 unspecified atom stereocenters. The minimum atomic E-state index is -2.93. The molecular formula is C13H18N4O3S. The van der Waals surface area contributed by atoms with Crippen LogP contribution in [0.2, 0.25) is 0 Å². The van der Waals surface area contributed by atoms with E-state index in [1.807, 2.05) is 4.90 Å². The Morgan fingerprint density at radius 1 is 1.29 bits per heavy atom. The van der Waals surface area contributed by atoms with Crippen LogP contribution in [0.4, 0.5) is 5.82 Å². The molecule has 1 aliphatic carbocycles. The highest BCUT2D eigenvalue weighted by Crippen LogP contribution is 2.21. The van der Waals surface area contributed by atoms with E-state index >= 15 is 0 Å². The van der Waals surface area contributed by atoms with Crippen LogP contribution in [-0.4, -0.2) is 55.2 Å². The van der Waals surface area contributed by atoms with Crippen LogP contribution in [0.3, 0.4) is 0 Å². The third-order valence-electron chi connectivity index (χ3n) is 3.91. The average molecular weight is 310 g/mol. The molecule has 1 saturated carbocycles. The van der Waals surface area contributed by atoms with Crippen LogP contribution < -0.4 is 10.2 Å². The molecule has 8 heteroatoms. The zero-order chi connectivity index (χ0) is 15.0. The van der Waals surface area contributed by atoms with Crippen molar-refractivity contribution in [1.82, 2.24) is 15.5 Å². The number of amides is 1. The van der Waals surface area contributed by atoms with E-state index in [4.69, 9.17) is 0 Å². The van der Waals surface area contributed by atoms with Crippen LogP contribution in [0, 0.1) is 0 Å². The molecule has 3 rings (SSSR count). The van der Waals surface area contributed by atoms with E-state index in [2.05, 4.69) is 15.5 Å². The van der Waals surface area contributed by atoms with Crippen LogP contribution >= 0.6 is 0 Å². The second kappa shape index (κ2) is 5.25. The molecule has 21 heavy (non-hydrogen) atoms. The maximum absolute atomic E-state index is 11.8. The Kier molecular flexibility index (Phi) is 3.56. The quantitative estimate of drug-likeness (QED) is 0.841. The van der Waals surface area contributed by atoms with Gasteiger partial charge in [0, 0.05) is 19.1 Å². The monoisotopic (exact) mass is 310 g/mol. The fraction of sp³-hybridized carbons (Fsp3) is 0.615. The summed E-state index contributed by atoms with van der Waals surface area (Å²) in [5.74, 6) is 0.745. The van der Waals surface area contributed by atoms with Crippen molar-refractivity contribution in [3.05, 3.63) is 17.8 Å². The van der Waals surface area contributed by atoms with E-state index in [-0.39, 0.29) is 35.2 Å². The SMILES string of the molecule is CN(c1ccc(C(=O)NC2CC2)nn1)C1CCS(=O)(=O)C1. The molecule has 1 aliphatic heterocycles. The molecule has 2 fully saturated rings. The van der Waals surface area contributed by atoms with Crippen molar-refractivity contribution in [1.29, 1.82) is 0 Å². The zero-order valence-electron chi connectivity index (χ0n) is 11.8. The summed E-state index contributed by atoms with van der Waals surface area (Å²) in [6.07, 6.45) is 2.65. The van der Waals surface area contributed by atoms with Gasteiger partial charge in [0.25, 0.3) is 5.91 Å². The van der Waals surface area contributed by atoms with E-state index in [1.54, 1.807) is 19.2 Å². The van der Waals surface area contributed by atoms with Crippen LogP contribution in [0.15, 0.2) is 12.1 Å². The molecular weight excluding hydrogens is 292 g/mol. The molecule has 1 N–H and O–H groups in total. The molecule has 114 valence electrons. The summed E-state index contributed by atoms with van der Waals surface area (Å²) in [5.41, 5.74) is 0.290. The molecule has 0 bridgehead atoms. The first kappa shape index (κ1) is 14.2. The largest absolute Gasteiger partial charge is 0.354 e. The minimum absolute atomic E-state index is 0.0737. The Morgan fingerprint density at radius 3 is 2.57 bits per heavy atom. The standard InChI is InChI=1S/C13H18N4O3S/c1-17(10-6-7-21(19,20)8-10)12-5-4-11(15-16-12)13(18)14-9-2-3-9/h4-5,9-10H,2-3,6-8H2,1H3,(H,14,18). The topological polar surface area (TPSA) is 92.3 Å². The average Bonchev–Trinajstić information content (AvgIpc) is 3.19. The Bertz CT molecular complexity index is 640. The first-order chi connectivity index (χ1) is 9.94. The second-order valence-electron chi connectivity index (χ2n) is 5.69. The fourth-order valence-electron chi connectivity index (χ4n) is 2.39. The van der Waals surface area contributed by atoms with Crippen molar-refractivity contribution in [2.24, 2.45) is 0 Å². The molecule has 1 amide bonds. The number of nitrogens with one attached hydrogen (secondary N) is 1. The van der Waals surface area contributed by atoms with Crippen molar-refractivity contribution in [3.8, 4) is 0 Å². The van der Waals surface area contributed by atoms with Gasteiger partial charge in [0.1, 0.15) is 0 Å². The predicted octanol–water partition coefficient (Wildman–Crippen LogP) is -0.00790. The summed E-state index contributed by atoms with van der Waals surface area (Å²) in [7, 11) is -1.13. The smallest absolute Gasteiger partial charge is 0.272 e. The molecule has 1 aromatic rings. The lowest BCUT2D eigenvalue weighted by Crippen LogP contribution is -2.33. The third kappa shape index (κ3) is 3.31. The summed E-state index contributed by atoms with van der Waals surface area (Å²) in [6, 6.07) is 3.54. The van der Waals surface area contributed by atoms with Gasteiger partial charge in [-0.05, 0) is 31.4 Å².